The monoisotopic (exact) mass is 650 g/mol. The Morgan fingerprint density at radius 2 is 1.81 bits per heavy atom. The number of hydrogen-bond acceptors (Lipinski definition) is 8. The van der Waals surface area contributed by atoms with Gasteiger partial charge in [-0.3, -0.25) is 9.78 Å². The predicted octanol–water partition coefficient (Wildman–Crippen LogP) is 7.32. The van der Waals surface area contributed by atoms with Crippen molar-refractivity contribution in [2.24, 2.45) is 7.05 Å². The van der Waals surface area contributed by atoms with E-state index in [1.807, 2.05) is 64.1 Å². The van der Waals surface area contributed by atoms with Crippen molar-refractivity contribution < 1.29 is 14.3 Å². The zero-order valence-corrected chi connectivity index (χ0v) is 27.6. The molecule has 1 aliphatic heterocycles. The number of carbonyl (C=O) groups is 2. The van der Waals surface area contributed by atoms with E-state index in [0.29, 0.717) is 46.2 Å². The van der Waals surface area contributed by atoms with Gasteiger partial charge in [-0.25, -0.2) is 19.7 Å². The van der Waals surface area contributed by atoms with Gasteiger partial charge in [0.1, 0.15) is 17.4 Å². The molecule has 12 heteroatoms. The first-order valence-corrected chi connectivity index (χ1v) is 15.5. The van der Waals surface area contributed by atoms with Gasteiger partial charge in [0, 0.05) is 43.2 Å². The molecule has 0 atom stereocenters. The van der Waals surface area contributed by atoms with Crippen LogP contribution >= 0.6 is 11.6 Å². The minimum atomic E-state index is -0.601. The van der Waals surface area contributed by atoms with Gasteiger partial charge in [-0.05, 0) is 62.6 Å². The summed E-state index contributed by atoms with van der Waals surface area (Å²) < 4.78 is 7.31. The van der Waals surface area contributed by atoms with E-state index < -0.39 is 17.6 Å². The van der Waals surface area contributed by atoms with Gasteiger partial charge in [0.15, 0.2) is 11.6 Å². The quantitative estimate of drug-likeness (QED) is 0.196. The fourth-order valence-corrected chi connectivity index (χ4v) is 5.86. The molecule has 4 heterocycles. The van der Waals surface area contributed by atoms with Crippen LogP contribution in [0.15, 0.2) is 61.6 Å². The molecule has 47 heavy (non-hydrogen) atoms. The first-order chi connectivity index (χ1) is 22.4. The lowest BCUT2D eigenvalue weighted by atomic mass is 9.98. The zero-order chi connectivity index (χ0) is 33.5. The second-order valence-electron chi connectivity index (χ2n) is 12.3. The molecule has 5 aromatic rings. The summed E-state index contributed by atoms with van der Waals surface area (Å²) in [7, 11) is 1.80. The highest BCUT2D eigenvalue weighted by molar-refractivity contribution is 6.36. The second-order valence-corrected chi connectivity index (χ2v) is 12.7. The Bertz CT molecular complexity index is 2050. The predicted molar refractivity (Wildman–Crippen MR) is 184 cm³/mol. The maximum Gasteiger partial charge on any atom is 0.410 e. The Morgan fingerprint density at radius 3 is 2.55 bits per heavy atom. The third-order valence-electron chi connectivity index (χ3n) is 7.97. The van der Waals surface area contributed by atoms with E-state index in [1.54, 1.807) is 34.9 Å². The SMILES string of the molecule is C=Cc1cnc2c(Nc3cccc(-c4cccc(NC(=O)c5nc6c(n5C)CCN(C(=O)OC(C)(C)C)C6)c4Cl)c3C)ncnc2c1. The van der Waals surface area contributed by atoms with Gasteiger partial charge in [-0.2, -0.15) is 0 Å². The van der Waals surface area contributed by atoms with Crippen molar-refractivity contribution in [3.63, 3.8) is 0 Å². The lowest BCUT2D eigenvalue weighted by molar-refractivity contribution is 0.0220. The minimum Gasteiger partial charge on any atom is -0.444 e. The number of carbonyl (C=O) groups excluding carboxylic acids is 2. The smallest absolute Gasteiger partial charge is 0.410 e. The van der Waals surface area contributed by atoms with Crippen LogP contribution in [0.5, 0.6) is 0 Å². The molecule has 0 radical (unpaired) electrons. The molecule has 240 valence electrons. The number of hydrogen-bond donors (Lipinski definition) is 2. The van der Waals surface area contributed by atoms with Crippen LogP contribution in [0.3, 0.4) is 0 Å². The van der Waals surface area contributed by atoms with Crippen LogP contribution in [0.4, 0.5) is 22.0 Å². The number of nitrogens with zero attached hydrogens (tertiary/aromatic N) is 6. The van der Waals surface area contributed by atoms with Crippen LogP contribution in [-0.4, -0.2) is 53.5 Å². The molecular weight excluding hydrogens is 616 g/mol. The Hall–Kier alpha value is -5.29. The molecule has 2 aromatic carbocycles. The Kier molecular flexibility index (Phi) is 8.42. The molecular formula is C35H35ClN8O3. The lowest BCUT2D eigenvalue weighted by Crippen LogP contribution is -2.40. The molecule has 1 aliphatic rings. The summed E-state index contributed by atoms with van der Waals surface area (Å²) in [5.74, 6) is 0.403. The second kappa shape index (κ2) is 12.5. The Labute approximate surface area is 277 Å². The highest BCUT2D eigenvalue weighted by Crippen LogP contribution is 2.38. The highest BCUT2D eigenvalue weighted by Gasteiger charge is 2.30. The van der Waals surface area contributed by atoms with Gasteiger partial charge in [-0.15, -0.1) is 0 Å². The van der Waals surface area contributed by atoms with Crippen molar-refractivity contribution in [1.29, 1.82) is 0 Å². The molecule has 0 unspecified atom stereocenters. The lowest BCUT2D eigenvalue weighted by Gasteiger charge is -2.29. The van der Waals surface area contributed by atoms with Crippen molar-refractivity contribution >= 4 is 57.9 Å². The molecule has 0 fully saturated rings. The van der Waals surface area contributed by atoms with E-state index >= 15 is 0 Å². The summed E-state index contributed by atoms with van der Waals surface area (Å²) in [5.41, 5.74) is 7.01. The van der Waals surface area contributed by atoms with Gasteiger partial charge < -0.3 is 24.8 Å². The molecule has 0 aliphatic carbocycles. The van der Waals surface area contributed by atoms with E-state index in [4.69, 9.17) is 16.3 Å². The van der Waals surface area contributed by atoms with E-state index in [2.05, 4.69) is 37.1 Å². The topological polar surface area (TPSA) is 127 Å². The average molecular weight is 651 g/mol. The zero-order valence-electron chi connectivity index (χ0n) is 26.9. The molecule has 2 amide bonds. The summed E-state index contributed by atoms with van der Waals surface area (Å²) in [6.45, 7) is 12.0. The molecule has 11 nitrogen and oxygen atoms in total. The summed E-state index contributed by atoms with van der Waals surface area (Å²) in [5, 5.41) is 6.74. The van der Waals surface area contributed by atoms with Crippen molar-refractivity contribution in [1.82, 2.24) is 29.4 Å². The maximum absolute atomic E-state index is 13.5. The van der Waals surface area contributed by atoms with Gasteiger partial charge in [-0.1, -0.05) is 48.5 Å². The van der Waals surface area contributed by atoms with Gasteiger partial charge >= 0.3 is 6.09 Å². The molecule has 0 spiro atoms. The number of pyridine rings is 1. The van der Waals surface area contributed by atoms with Crippen LogP contribution < -0.4 is 10.6 Å². The van der Waals surface area contributed by atoms with Crippen LogP contribution in [-0.2, 0) is 24.8 Å². The summed E-state index contributed by atoms with van der Waals surface area (Å²) in [6.07, 6.45) is 5.10. The Balaban J connectivity index is 1.24. The Morgan fingerprint density at radius 1 is 1.06 bits per heavy atom. The third-order valence-corrected chi connectivity index (χ3v) is 8.37. The number of rotatable bonds is 6. The van der Waals surface area contributed by atoms with Crippen LogP contribution in [0.1, 0.15) is 53.9 Å². The largest absolute Gasteiger partial charge is 0.444 e. The van der Waals surface area contributed by atoms with Crippen molar-refractivity contribution in [2.75, 3.05) is 17.2 Å². The molecule has 2 N–H and O–H groups in total. The third kappa shape index (κ3) is 6.39. The van der Waals surface area contributed by atoms with Gasteiger partial charge in [0.05, 0.1) is 28.5 Å². The number of ether oxygens (including phenoxy) is 1. The van der Waals surface area contributed by atoms with Crippen LogP contribution in [0, 0.1) is 6.92 Å². The van der Waals surface area contributed by atoms with Crippen molar-refractivity contribution in [3.8, 4) is 11.1 Å². The highest BCUT2D eigenvalue weighted by atomic mass is 35.5. The first kappa shape index (κ1) is 31.7. The average Bonchev–Trinajstić information content (AvgIpc) is 3.38. The van der Waals surface area contributed by atoms with Gasteiger partial charge in [0.2, 0.25) is 0 Å². The number of amides is 2. The summed E-state index contributed by atoms with van der Waals surface area (Å²) >= 11 is 6.95. The molecule has 0 saturated carbocycles. The van der Waals surface area contributed by atoms with Crippen molar-refractivity contribution in [2.45, 2.75) is 46.3 Å². The van der Waals surface area contributed by atoms with E-state index in [0.717, 1.165) is 33.6 Å². The van der Waals surface area contributed by atoms with E-state index in [-0.39, 0.29) is 12.4 Å². The number of fused-ring (bicyclic) bond motifs is 2. The fraction of sp³-hybridized carbons (Fsp3) is 0.257. The maximum atomic E-state index is 13.5. The first-order valence-electron chi connectivity index (χ1n) is 15.2. The van der Waals surface area contributed by atoms with E-state index in [9.17, 15) is 9.59 Å². The minimum absolute atomic E-state index is 0.232. The number of anilines is 3. The summed E-state index contributed by atoms with van der Waals surface area (Å²) in [4.78, 5) is 45.7. The van der Waals surface area contributed by atoms with E-state index in [1.165, 1.54) is 6.33 Å². The summed E-state index contributed by atoms with van der Waals surface area (Å²) in [6, 6.07) is 13.3. The normalized spacial score (nSPS) is 12.9. The number of aromatic nitrogens is 5. The van der Waals surface area contributed by atoms with Crippen LogP contribution in [0.2, 0.25) is 5.02 Å². The standard InChI is InChI=1S/C35H35ClN8O3/c1-7-21-16-26-30(37-17-21)31(39-19-38-26)40-24-12-8-10-22(20(24)2)23-11-9-13-25(29(23)36)42-33(45)32-41-27-18-44(15-14-28(27)43(32)6)34(46)47-35(3,4)5/h7-13,16-17,19H,1,14-15,18H2,2-6H3,(H,42,45)(H,38,39,40). The molecule has 6 rings (SSSR count). The molecule has 0 saturated heterocycles. The fourth-order valence-electron chi connectivity index (χ4n) is 5.58. The number of halogens is 1. The molecule has 0 bridgehead atoms. The van der Waals surface area contributed by atoms with Gasteiger partial charge in [0.25, 0.3) is 5.91 Å². The van der Waals surface area contributed by atoms with Crippen molar-refractivity contribution in [3.05, 3.63) is 94.9 Å². The molecule has 3 aromatic heterocycles. The number of nitrogens with one attached hydrogen (secondary N) is 2. The van der Waals surface area contributed by atoms with Crippen LogP contribution in [0.25, 0.3) is 28.2 Å². The number of imidazole rings is 1. The number of benzene rings is 2.